The SMILES string of the molecule is COc1cc(OC)c(C(=O)NCc2cccc(COCc3ccccc3)c2)cc1OC. The van der Waals surface area contributed by atoms with Gasteiger partial charge in [-0.05, 0) is 16.7 Å². The van der Waals surface area contributed by atoms with Crippen LogP contribution in [0.25, 0.3) is 0 Å². The average molecular weight is 421 g/mol. The summed E-state index contributed by atoms with van der Waals surface area (Å²) in [4.78, 5) is 12.8. The largest absolute Gasteiger partial charge is 0.496 e. The van der Waals surface area contributed by atoms with Gasteiger partial charge in [-0.1, -0.05) is 54.6 Å². The highest BCUT2D eigenvalue weighted by molar-refractivity contribution is 5.97. The van der Waals surface area contributed by atoms with Gasteiger partial charge >= 0.3 is 0 Å². The number of carbonyl (C=O) groups is 1. The van der Waals surface area contributed by atoms with Gasteiger partial charge in [-0.25, -0.2) is 0 Å². The highest BCUT2D eigenvalue weighted by Gasteiger charge is 2.17. The number of methoxy groups -OCH3 is 3. The third-order valence-electron chi connectivity index (χ3n) is 4.78. The smallest absolute Gasteiger partial charge is 0.255 e. The van der Waals surface area contributed by atoms with Gasteiger partial charge in [-0.15, -0.1) is 0 Å². The van der Waals surface area contributed by atoms with Gasteiger partial charge in [0.25, 0.3) is 5.91 Å². The fraction of sp³-hybridized carbons (Fsp3) is 0.240. The molecule has 6 heteroatoms. The molecule has 3 rings (SSSR count). The minimum absolute atomic E-state index is 0.261. The Morgan fingerprint density at radius 1 is 0.710 bits per heavy atom. The molecule has 0 aromatic heterocycles. The summed E-state index contributed by atoms with van der Waals surface area (Å²) < 4.78 is 21.7. The van der Waals surface area contributed by atoms with E-state index < -0.39 is 0 Å². The molecule has 0 saturated heterocycles. The van der Waals surface area contributed by atoms with Crippen molar-refractivity contribution in [2.45, 2.75) is 19.8 Å². The van der Waals surface area contributed by atoms with E-state index in [4.69, 9.17) is 18.9 Å². The predicted octanol–water partition coefficient (Wildman–Crippen LogP) is 4.36. The minimum atomic E-state index is -0.261. The van der Waals surface area contributed by atoms with Crippen molar-refractivity contribution in [2.24, 2.45) is 0 Å². The lowest BCUT2D eigenvalue weighted by molar-refractivity contribution is 0.0947. The number of carbonyl (C=O) groups excluding carboxylic acids is 1. The lowest BCUT2D eigenvalue weighted by Gasteiger charge is -2.14. The second-order valence-corrected chi connectivity index (χ2v) is 6.89. The molecule has 6 nitrogen and oxygen atoms in total. The van der Waals surface area contributed by atoms with Crippen LogP contribution in [0.2, 0.25) is 0 Å². The second kappa shape index (κ2) is 11.0. The summed E-state index contributed by atoms with van der Waals surface area (Å²) in [6, 6.07) is 21.3. The summed E-state index contributed by atoms with van der Waals surface area (Å²) in [6.45, 7) is 1.43. The van der Waals surface area contributed by atoms with Crippen LogP contribution < -0.4 is 19.5 Å². The average Bonchev–Trinajstić information content (AvgIpc) is 2.82. The summed E-state index contributed by atoms with van der Waals surface area (Å²) in [5.74, 6) is 1.12. The normalized spacial score (nSPS) is 10.4. The molecule has 31 heavy (non-hydrogen) atoms. The molecule has 162 valence electrons. The van der Waals surface area contributed by atoms with Crippen LogP contribution in [0.5, 0.6) is 17.2 Å². The molecule has 0 fully saturated rings. The van der Waals surface area contributed by atoms with Crippen molar-refractivity contribution in [2.75, 3.05) is 21.3 Å². The van der Waals surface area contributed by atoms with Gasteiger partial charge in [0.05, 0.1) is 40.1 Å². The van der Waals surface area contributed by atoms with Crippen LogP contribution in [0.15, 0.2) is 66.7 Å². The maximum atomic E-state index is 12.8. The number of rotatable bonds is 10. The molecule has 3 aromatic rings. The number of ether oxygens (including phenoxy) is 4. The molecule has 1 amide bonds. The fourth-order valence-electron chi connectivity index (χ4n) is 3.17. The first-order valence-corrected chi connectivity index (χ1v) is 9.92. The molecule has 0 aliphatic carbocycles. The second-order valence-electron chi connectivity index (χ2n) is 6.89. The van der Waals surface area contributed by atoms with Crippen molar-refractivity contribution in [3.63, 3.8) is 0 Å². The zero-order valence-electron chi connectivity index (χ0n) is 18.0. The molecule has 0 heterocycles. The Morgan fingerprint density at radius 2 is 1.32 bits per heavy atom. The van der Waals surface area contributed by atoms with Crippen LogP contribution in [0.3, 0.4) is 0 Å². The van der Waals surface area contributed by atoms with E-state index in [1.807, 2.05) is 54.6 Å². The van der Waals surface area contributed by atoms with E-state index in [2.05, 4.69) is 5.32 Å². The fourth-order valence-corrected chi connectivity index (χ4v) is 3.17. The van der Waals surface area contributed by atoms with E-state index in [-0.39, 0.29) is 5.91 Å². The van der Waals surface area contributed by atoms with Crippen molar-refractivity contribution in [3.05, 3.63) is 89.0 Å². The van der Waals surface area contributed by atoms with E-state index in [0.717, 1.165) is 16.7 Å². The van der Waals surface area contributed by atoms with Gasteiger partial charge in [0.15, 0.2) is 11.5 Å². The molecule has 0 saturated carbocycles. The number of nitrogens with one attached hydrogen (secondary N) is 1. The molecule has 1 N–H and O–H groups in total. The maximum absolute atomic E-state index is 12.8. The lowest BCUT2D eigenvalue weighted by Crippen LogP contribution is -2.23. The zero-order valence-corrected chi connectivity index (χ0v) is 18.0. The van der Waals surface area contributed by atoms with E-state index in [0.29, 0.717) is 42.6 Å². The van der Waals surface area contributed by atoms with Crippen LogP contribution in [-0.2, 0) is 24.5 Å². The monoisotopic (exact) mass is 421 g/mol. The molecule has 0 atom stereocenters. The maximum Gasteiger partial charge on any atom is 0.255 e. The summed E-state index contributed by atoms with van der Waals surface area (Å²) in [7, 11) is 4.57. The van der Waals surface area contributed by atoms with Gasteiger partial charge < -0.3 is 24.3 Å². The molecule has 0 unspecified atom stereocenters. The van der Waals surface area contributed by atoms with Crippen LogP contribution in [0.4, 0.5) is 0 Å². The number of hydrogen-bond donors (Lipinski definition) is 1. The molecule has 0 aliphatic rings. The van der Waals surface area contributed by atoms with Crippen molar-refractivity contribution < 1.29 is 23.7 Å². The Labute approximate surface area is 182 Å². The third-order valence-corrected chi connectivity index (χ3v) is 4.78. The summed E-state index contributed by atoms with van der Waals surface area (Å²) >= 11 is 0. The summed E-state index contributed by atoms with van der Waals surface area (Å²) in [5.41, 5.74) is 3.54. The first kappa shape index (κ1) is 22.2. The molecular formula is C25H27NO5. The van der Waals surface area contributed by atoms with Crippen LogP contribution >= 0.6 is 0 Å². The molecule has 0 radical (unpaired) electrons. The molecule has 3 aromatic carbocycles. The lowest BCUT2D eigenvalue weighted by atomic mass is 10.1. The van der Waals surface area contributed by atoms with Crippen molar-refractivity contribution >= 4 is 5.91 Å². The first-order valence-electron chi connectivity index (χ1n) is 9.92. The number of benzene rings is 3. The van der Waals surface area contributed by atoms with Crippen LogP contribution in [0.1, 0.15) is 27.0 Å². The number of amides is 1. The van der Waals surface area contributed by atoms with Gasteiger partial charge in [0, 0.05) is 18.7 Å². The quantitative estimate of drug-likeness (QED) is 0.527. The zero-order chi connectivity index (χ0) is 22.1. The summed E-state index contributed by atoms with van der Waals surface area (Å²) in [5, 5.41) is 2.93. The molecular weight excluding hydrogens is 394 g/mol. The third kappa shape index (κ3) is 5.99. The van der Waals surface area contributed by atoms with E-state index in [9.17, 15) is 4.79 Å². The standard InChI is InChI=1S/C25H27NO5/c1-28-22-14-24(30-3)23(29-2)13-21(22)25(27)26-15-19-10-7-11-20(12-19)17-31-16-18-8-5-4-6-9-18/h4-14H,15-17H2,1-3H3,(H,26,27). The first-order chi connectivity index (χ1) is 15.1. The van der Waals surface area contributed by atoms with Crippen LogP contribution in [0, 0.1) is 0 Å². The van der Waals surface area contributed by atoms with Crippen LogP contribution in [-0.4, -0.2) is 27.2 Å². The van der Waals surface area contributed by atoms with Crippen molar-refractivity contribution in [1.82, 2.24) is 5.32 Å². The predicted molar refractivity (Wildman–Crippen MR) is 119 cm³/mol. The van der Waals surface area contributed by atoms with E-state index >= 15 is 0 Å². The molecule has 0 aliphatic heterocycles. The van der Waals surface area contributed by atoms with Gasteiger partial charge in [0.1, 0.15) is 5.75 Å². The Kier molecular flexibility index (Phi) is 7.90. The van der Waals surface area contributed by atoms with Crippen molar-refractivity contribution in [3.8, 4) is 17.2 Å². The topological polar surface area (TPSA) is 66.0 Å². The number of hydrogen-bond acceptors (Lipinski definition) is 5. The van der Waals surface area contributed by atoms with Gasteiger partial charge in [-0.3, -0.25) is 4.79 Å². The Balaban J connectivity index is 1.61. The van der Waals surface area contributed by atoms with E-state index in [1.165, 1.54) is 21.3 Å². The van der Waals surface area contributed by atoms with Gasteiger partial charge in [0.2, 0.25) is 0 Å². The van der Waals surface area contributed by atoms with Gasteiger partial charge in [-0.2, -0.15) is 0 Å². The molecule has 0 bridgehead atoms. The van der Waals surface area contributed by atoms with E-state index in [1.54, 1.807) is 12.1 Å². The highest BCUT2D eigenvalue weighted by atomic mass is 16.5. The Bertz CT molecular complexity index is 1000. The Morgan fingerprint density at radius 3 is 2.03 bits per heavy atom. The van der Waals surface area contributed by atoms with Crippen molar-refractivity contribution in [1.29, 1.82) is 0 Å². The minimum Gasteiger partial charge on any atom is -0.496 e. The molecule has 0 spiro atoms. The highest BCUT2D eigenvalue weighted by Crippen LogP contribution is 2.34. The Hall–Kier alpha value is -3.51. The summed E-state index contributed by atoms with van der Waals surface area (Å²) in [6.07, 6.45) is 0.